The van der Waals surface area contributed by atoms with Crippen molar-refractivity contribution in [3.8, 4) is 0 Å². The predicted molar refractivity (Wildman–Crippen MR) is 99.1 cm³/mol. The molecule has 1 fully saturated rings. The SMILES string of the molecule is Cc1noc(C2CN(c3cnn4c3CN(C(=O)OC(C)(C)C)[C@@H](C)C4)C(=O)O2)n1. The highest BCUT2D eigenvalue weighted by molar-refractivity contribution is 5.90. The summed E-state index contributed by atoms with van der Waals surface area (Å²) in [6.07, 6.45) is 0.0445. The highest BCUT2D eigenvalue weighted by Gasteiger charge is 2.40. The van der Waals surface area contributed by atoms with Gasteiger partial charge in [-0.15, -0.1) is 0 Å². The Morgan fingerprint density at radius 1 is 1.31 bits per heavy atom. The molecule has 2 aromatic rings. The van der Waals surface area contributed by atoms with Crippen molar-refractivity contribution in [2.24, 2.45) is 0 Å². The number of aryl methyl sites for hydroxylation is 1. The molecule has 0 aliphatic carbocycles. The third-order valence-corrected chi connectivity index (χ3v) is 4.77. The standard InChI is InChI=1S/C18H24N6O5/c1-10-7-24-13(8-22(10)17(26)28-18(3,4)5)12(6-19-24)23-9-14(27-16(23)25)15-20-11(2)21-29-15/h6,10,14H,7-9H2,1-5H3/t10-,14?/m0/s1. The Balaban J connectivity index is 1.56. The fraction of sp³-hybridized carbons (Fsp3) is 0.611. The van der Waals surface area contributed by atoms with Crippen molar-refractivity contribution in [2.75, 3.05) is 11.4 Å². The van der Waals surface area contributed by atoms with E-state index in [1.54, 1.807) is 22.7 Å². The zero-order valence-electron chi connectivity index (χ0n) is 17.1. The molecule has 0 N–H and O–H groups in total. The molecule has 1 unspecified atom stereocenters. The first-order chi connectivity index (χ1) is 13.6. The van der Waals surface area contributed by atoms with Gasteiger partial charge in [0.1, 0.15) is 5.60 Å². The molecule has 29 heavy (non-hydrogen) atoms. The van der Waals surface area contributed by atoms with Gasteiger partial charge in [0, 0.05) is 0 Å². The molecule has 156 valence electrons. The molecule has 11 heteroatoms. The van der Waals surface area contributed by atoms with Gasteiger partial charge in [-0.25, -0.2) is 9.59 Å². The van der Waals surface area contributed by atoms with Crippen LogP contribution in [0.3, 0.4) is 0 Å². The number of hydrogen-bond donors (Lipinski definition) is 0. The number of rotatable bonds is 2. The van der Waals surface area contributed by atoms with Crippen LogP contribution in [0, 0.1) is 6.92 Å². The highest BCUT2D eigenvalue weighted by atomic mass is 16.6. The van der Waals surface area contributed by atoms with E-state index in [9.17, 15) is 9.59 Å². The predicted octanol–water partition coefficient (Wildman–Crippen LogP) is 2.41. The molecule has 4 rings (SSSR count). The van der Waals surface area contributed by atoms with Crippen LogP contribution in [0.15, 0.2) is 10.7 Å². The summed E-state index contributed by atoms with van der Waals surface area (Å²) in [7, 11) is 0. The Hall–Kier alpha value is -3.11. The monoisotopic (exact) mass is 404 g/mol. The number of amides is 2. The topological polar surface area (TPSA) is 116 Å². The minimum atomic E-state index is -0.649. The maximum atomic E-state index is 12.6. The molecule has 0 bridgehead atoms. The largest absolute Gasteiger partial charge is 0.444 e. The summed E-state index contributed by atoms with van der Waals surface area (Å²) in [4.78, 5) is 32.4. The van der Waals surface area contributed by atoms with E-state index < -0.39 is 23.9 Å². The lowest BCUT2D eigenvalue weighted by atomic mass is 10.1. The quantitative estimate of drug-likeness (QED) is 0.749. The normalized spacial score (nSPS) is 21.9. The number of carbonyl (C=O) groups excluding carboxylic acids is 2. The number of carbonyl (C=O) groups is 2. The maximum Gasteiger partial charge on any atom is 0.415 e. The van der Waals surface area contributed by atoms with Gasteiger partial charge in [0.05, 0.1) is 43.3 Å². The van der Waals surface area contributed by atoms with Gasteiger partial charge in [-0.05, 0) is 34.6 Å². The van der Waals surface area contributed by atoms with E-state index in [2.05, 4.69) is 15.2 Å². The second kappa shape index (κ2) is 6.75. The van der Waals surface area contributed by atoms with Crippen molar-refractivity contribution in [2.45, 2.75) is 65.5 Å². The van der Waals surface area contributed by atoms with Crippen molar-refractivity contribution in [3.05, 3.63) is 23.6 Å². The summed E-state index contributed by atoms with van der Waals surface area (Å²) in [5, 5.41) is 8.13. The Morgan fingerprint density at radius 2 is 2.07 bits per heavy atom. The third kappa shape index (κ3) is 3.64. The van der Waals surface area contributed by atoms with Crippen molar-refractivity contribution in [1.82, 2.24) is 24.8 Å². The molecule has 0 saturated carbocycles. The molecule has 0 spiro atoms. The Kier molecular flexibility index (Phi) is 4.47. The lowest BCUT2D eigenvalue weighted by Crippen LogP contribution is -2.47. The molecule has 2 aliphatic rings. The number of anilines is 1. The smallest absolute Gasteiger partial charge is 0.415 e. The average Bonchev–Trinajstić information content (AvgIpc) is 3.30. The van der Waals surface area contributed by atoms with Crippen LogP contribution < -0.4 is 4.90 Å². The summed E-state index contributed by atoms with van der Waals surface area (Å²) in [6, 6.07) is -0.0928. The zero-order valence-corrected chi connectivity index (χ0v) is 17.1. The number of nitrogens with zero attached hydrogens (tertiary/aromatic N) is 6. The number of fused-ring (bicyclic) bond motifs is 1. The number of cyclic esters (lactones) is 1. The van der Waals surface area contributed by atoms with E-state index in [1.807, 2.05) is 27.7 Å². The highest BCUT2D eigenvalue weighted by Crippen LogP contribution is 2.34. The molecule has 0 radical (unpaired) electrons. The molecule has 2 aliphatic heterocycles. The first-order valence-electron chi connectivity index (χ1n) is 9.45. The molecular weight excluding hydrogens is 380 g/mol. The van der Waals surface area contributed by atoms with E-state index in [-0.39, 0.29) is 25.0 Å². The van der Waals surface area contributed by atoms with Gasteiger partial charge in [-0.2, -0.15) is 10.1 Å². The molecule has 1 saturated heterocycles. The van der Waals surface area contributed by atoms with Gasteiger partial charge in [-0.3, -0.25) is 14.5 Å². The molecule has 2 amide bonds. The van der Waals surface area contributed by atoms with Crippen molar-refractivity contribution in [1.29, 1.82) is 0 Å². The fourth-order valence-electron chi connectivity index (χ4n) is 3.41. The average molecular weight is 404 g/mol. The second-order valence-electron chi connectivity index (χ2n) is 8.28. The summed E-state index contributed by atoms with van der Waals surface area (Å²) in [5.74, 6) is 0.725. The number of hydrogen-bond acceptors (Lipinski definition) is 8. The van der Waals surface area contributed by atoms with Crippen LogP contribution >= 0.6 is 0 Å². The summed E-state index contributed by atoms with van der Waals surface area (Å²) < 4.78 is 17.9. The van der Waals surface area contributed by atoms with Crippen LogP contribution in [0.5, 0.6) is 0 Å². The first kappa shape index (κ1) is 19.2. The number of aromatic nitrogens is 4. The van der Waals surface area contributed by atoms with Gasteiger partial charge in [0.2, 0.25) is 6.10 Å². The van der Waals surface area contributed by atoms with Gasteiger partial charge < -0.3 is 14.0 Å². The van der Waals surface area contributed by atoms with Crippen molar-refractivity contribution >= 4 is 17.9 Å². The van der Waals surface area contributed by atoms with E-state index in [4.69, 9.17) is 14.0 Å². The molecule has 2 aromatic heterocycles. The van der Waals surface area contributed by atoms with Crippen LogP contribution in [0.4, 0.5) is 15.3 Å². The van der Waals surface area contributed by atoms with Crippen LogP contribution in [0.25, 0.3) is 0 Å². The molecule has 4 heterocycles. The molecule has 0 aromatic carbocycles. The third-order valence-electron chi connectivity index (χ3n) is 4.77. The van der Waals surface area contributed by atoms with Crippen LogP contribution in [-0.2, 0) is 22.6 Å². The van der Waals surface area contributed by atoms with Gasteiger partial charge in [0.15, 0.2) is 5.82 Å². The van der Waals surface area contributed by atoms with Crippen molar-refractivity contribution < 1.29 is 23.6 Å². The minimum absolute atomic E-state index is 0.0928. The maximum absolute atomic E-state index is 12.6. The van der Waals surface area contributed by atoms with Crippen LogP contribution in [-0.4, -0.2) is 55.2 Å². The molecular formula is C18H24N6O5. The van der Waals surface area contributed by atoms with E-state index in [1.165, 1.54) is 4.90 Å². The lowest BCUT2D eigenvalue weighted by Gasteiger charge is -2.35. The van der Waals surface area contributed by atoms with E-state index >= 15 is 0 Å². The van der Waals surface area contributed by atoms with Gasteiger partial charge in [0.25, 0.3) is 5.89 Å². The Morgan fingerprint density at radius 3 is 2.72 bits per heavy atom. The summed E-state index contributed by atoms with van der Waals surface area (Å²) in [6.45, 7) is 10.1. The van der Waals surface area contributed by atoms with Crippen molar-refractivity contribution in [3.63, 3.8) is 0 Å². The summed E-state index contributed by atoms with van der Waals surface area (Å²) >= 11 is 0. The summed E-state index contributed by atoms with van der Waals surface area (Å²) in [5.41, 5.74) is 0.744. The Bertz CT molecular complexity index is 945. The van der Waals surface area contributed by atoms with E-state index in [0.717, 1.165) is 5.69 Å². The van der Waals surface area contributed by atoms with Gasteiger partial charge >= 0.3 is 12.2 Å². The van der Waals surface area contributed by atoms with E-state index in [0.29, 0.717) is 18.1 Å². The lowest BCUT2D eigenvalue weighted by molar-refractivity contribution is 0.00913. The second-order valence-corrected chi connectivity index (χ2v) is 8.28. The minimum Gasteiger partial charge on any atom is -0.444 e. The van der Waals surface area contributed by atoms with Gasteiger partial charge in [-0.1, -0.05) is 5.16 Å². The first-order valence-corrected chi connectivity index (χ1v) is 9.45. The Labute approximate surface area is 167 Å². The fourth-order valence-corrected chi connectivity index (χ4v) is 3.41. The van der Waals surface area contributed by atoms with Crippen LogP contribution in [0.2, 0.25) is 0 Å². The number of ether oxygens (including phenoxy) is 2. The van der Waals surface area contributed by atoms with Crippen LogP contribution in [0.1, 0.15) is 51.2 Å². The zero-order chi connectivity index (χ0) is 20.9. The molecule has 2 atom stereocenters. The molecule has 11 nitrogen and oxygen atoms in total.